The molecule has 1 saturated heterocycles. The molecule has 4 rings (SSSR count). The maximum absolute atomic E-state index is 12.7. The number of nitrogens with zero attached hydrogens (tertiary/aromatic N) is 7. The van der Waals surface area contributed by atoms with Gasteiger partial charge in [0.15, 0.2) is 5.82 Å². The molecule has 0 radical (unpaired) electrons. The Morgan fingerprint density at radius 2 is 2.00 bits per heavy atom. The molecule has 0 spiro atoms. The summed E-state index contributed by atoms with van der Waals surface area (Å²) < 4.78 is 11.9. The molecule has 152 valence electrons. The monoisotopic (exact) mass is 397 g/mol. The van der Waals surface area contributed by atoms with Crippen LogP contribution in [0.3, 0.4) is 0 Å². The number of hydrogen-bond acceptors (Lipinski definition) is 8. The van der Waals surface area contributed by atoms with Crippen LogP contribution in [-0.2, 0) is 22.6 Å². The molecule has 0 aliphatic carbocycles. The number of carbonyl (C=O) groups excluding carboxylic acids is 1. The van der Waals surface area contributed by atoms with E-state index in [1.165, 1.54) is 6.26 Å². The third-order valence-corrected chi connectivity index (χ3v) is 4.93. The van der Waals surface area contributed by atoms with E-state index in [9.17, 15) is 4.79 Å². The molecule has 1 aliphatic heterocycles. The second-order valence-electron chi connectivity index (χ2n) is 6.90. The average molecular weight is 397 g/mol. The number of tetrazole rings is 1. The maximum atomic E-state index is 12.7. The van der Waals surface area contributed by atoms with Crippen molar-refractivity contribution in [3.8, 4) is 0 Å². The second-order valence-corrected chi connectivity index (χ2v) is 6.90. The highest BCUT2D eigenvalue weighted by molar-refractivity contribution is 5.75. The molecular weight excluding hydrogens is 374 g/mol. The van der Waals surface area contributed by atoms with Crippen molar-refractivity contribution in [3.05, 3.63) is 59.7 Å². The number of amides is 1. The fourth-order valence-corrected chi connectivity index (χ4v) is 3.41. The van der Waals surface area contributed by atoms with Crippen molar-refractivity contribution in [1.29, 1.82) is 0 Å². The number of carbonyl (C=O) groups is 1. The van der Waals surface area contributed by atoms with Crippen molar-refractivity contribution in [1.82, 2.24) is 35.2 Å². The molecule has 10 nitrogen and oxygen atoms in total. The Kier molecular flexibility index (Phi) is 5.92. The van der Waals surface area contributed by atoms with Gasteiger partial charge >= 0.3 is 0 Å². The van der Waals surface area contributed by atoms with E-state index in [2.05, 4.69) is 37.7 Å². The van der Waals surface area contributed by atoms with Crippen molar-refractivity contribution < 1.29 is 14.1 Å². The topological polar surface area (TPSA) is 102 Å². The summed E-state index contributed by atoms with van der Waals surface area (Å²) in [6.45, 7) is 3.26. The van der Waals surface area contributed by atoms with Crippen molar-refractivity contribution in [3.63, 3.8) is 0 Å². The first-order chi connectivity index (χ1) is 14.2. The molecule has 29 heavy (non-hydrogen) atoms. The minimum absolute atomic E-state index is 0.0460. The Balaban J connectivity index is 1.55. The smallest absolute Gasteiger partial charge is 0.244 e. The minimum Gasteiger partial charge on any atom is -0.379 e. The number of morpholine rings is 1. The molecule has 1 atom stereocenters. The van der Waals surface area contributed by atoms with Gasteiger partial charge in [0.05, 0.1) is 25.8 Å². The highest BCUT2D eigenvalue weighted by Gasteiger charge is 2.29. The molecule has 10 heteroatoms. The molecule has 1 amide bonds. The van der Waals surface area contributed by atoms with Gasteiger partial charge in [-0.15, -0.1) is 5.10 Å². The van der Waals surface area contributed by atoms with Crippen LogP contribution in [0.2, 0.25) is 0 Å². The van der Waals surface area contributed by atoms with Gasteiger partial charge in [-0.2, -0.15) is 0 Å². The van der Waals surface area contributed by atoms with E-state index in [0.717, 1.165) is 18.7 Å². The number of likely N-dealkylation sites (N-methyl/N-ethyl adjacent to an activating group) is 1. The van der Waals surface area contributed by atoms with E-state index in [-0.39, 0.29) is 18.5 Å². The highest BCUT2D eigenvalue weighted by atomic mass is 16.5. The van der Waals surface area contributed by atoms with Gasteiger partial charge in [-0.25, -0.2) is 4.68 Å². The zero-order valence-corrected chi connectivity index (χ0v) is 16.2. The number of aromatic nitrogens is 5. The third kappa shape index (κ3) is 4.49. The van der Waals surface area contributed by atoms with Crippen LogP contribution in [-0.4, -0.2) is 74.4 Å². The summed E-state index contributed by atoms with van der Waals surface area (Å²) in [7, 11) is 1.72. The number of hydrogen-bond donors (Lipinski definition) is 0. The van der Waals surface area contributed by atoms with Crippen LogP contribution >= 0.6 is 0 Å². The van der Waals surface area contributed by atoms with E-state index >= 15 is 0 Å². The van der Waals surface area contributed by atoms with Gasteiger partial charge in [-0.3, -0.25) is 9.69 Å². The van der Waals surface area contributed by atoms with Gasteiger partial charge in [0.25, 0.3) is 0 Å². The lowest BCUT2D eigenvalue weighted by Crippen LogP contribution is -2.41. The predicted octanol–water partition coefficient (Wildman–Crippen LogP) is 0.741. The van der Waals surface area contributed by atoms with Crippen LogP contribution in [0.25, 0.3) is 0 Å². The second kappa shape index (κ2) is 8.93. The Hall–Kier alpha value is -3.11. The molecule has 3 heterocycles. The minimum atomic E-state index is -0.149. The number of ether oxygens (including phenoxy) is 1. The summed E-state index contributed by atoms with van der Waals surface area (Å²) in [4.78, 5) is 16.6. The molecule has 1 aromatic carbocycles. The normalized spacial score (nSPS) is 15.9. The average Bonchev–Trinajstić information content (AvgIpc) is 3.42. The van der Waals surface area contributed by atoms with Gasteiger partial charge in [-0.1, -0.05) is 35.5 Å². The fraction of sp³-hybridized carbons (Fsp3) is 0.421. The molecule has 0 N–H and O–H groups in total. The summed E-state index contributed by atoms with van der Waals surface area (Å²) in [5.41, 5.74) is 1.77. The van der Waals surface area contributed by atoms with Gasteiger partial charge < -0.3 is 14.2 Å². The molecule has 2 aromatic heterocycles. The standard InChI is InChI=1S/C19H23N7O3/c1-24(13-16-7-10-29-21-16)17(27)14-26-19(20-22-23-26)18(15-5-3-2-4-6-15)25-8-11-28-12-9-25/h2-7,10,18H,8-9,11-14H2,1H3. The van der Waals surface area contributed by atoms with E-state index in [1.54, 1.807) is 22.7 Å². The lowest BCUT2D eigenvalue weighted by Gasteiger charge is -2.33. The Morgan fingerprint density at radius 3 is 2.72 bits per heavy atom. The van der Waals surface area contributed by atoms with Gasteiger partial charge in [-0.05, 0) is 16.0 Å². The maximum Gasteiger partial charge on any atom is 0.244 e. The largest absolute Gasteiger partial charge is 0.379 e. The van der Waals surface area contributed by atoms with Crippen molar-refractivity contribution in [2.24, 2.45) is 0 Å². The van der Waals surface area contributed by atoms with Gasteiger partial charge in [0, 0.05) is 26.2 Å². The van der Waals surface area contributed by atoms with Crippen LogP contribution in [0.15, 0.2) is 47.2 Å². The van der Waals surface area contributed by atoms with E-state index in [4.69, 9.17) is 9.26 Å². The lowest BCUT2D eigenvalue weighted by atomic mass is 10.0. The van der Waals surface area contributed by atoms with Crippen LogP contribution in [0.1, 0.15) is 23.1 Å². The van der Waals surface area contributed by atoms with Gasteiger partial charge in [0.1, 0.15) is 18.5 Å². The van der Waals surface area contributed by atoms with E-state index < -0.39 is 0 Å². The summed E-state index contributed by atoms with van der Waals surface area (Å²) in [5.74, 6) is 0.525. The van der Waals surface area contributed by atoms with Gasteiger partial charge in [0.2, 0.25) is 5.91 Å². The summed E-state index contributed by atoms with van der Waals surface area (Å²) in [5, 5.41) is 16.1. The van der Waals surface area contributed by atoms with E-state index in [1.807, 2.05) is 18.2 Å². The SMILES string of the molecule is CN(Cc1ccon1)C(=O)Cn1nnnc1C(c1ccccc1)N1CCOCC1. The predicted molar refractivity (Wildman–Crippen MR) is 101 cm³/mol. The fourth-order valence-electron chi connectivity index (χ4n) is 3.41. The Morgan fingerprint density at radius 1 is 1.21 bits per heavy atom. The first-order valence-electron chi connectivity index (χ1n) is 9.48. The van der Waals surface area contributed by atoms with Crippen LogP contribution in [0, 0.1) is 0 Å². The van der Waals surface area contributed by atoms with Crippen molar-refractivity contribution in [2.75, 3.05) is 33.4 Å². The quantitative estimate of drug-likeness (QED) is 0.575. The Bertz CT molecular complexity index is 907. The first kappa shape index (κ1) is 19.2. The van der Waals surface area contributed by atoms with Crippen LogP contribution in [0.4, 0.5) is 0 Å². The molecule has 0 saturated carbocycles. The molecule has 1 unspecified atom stereocenters. The summed E-state index contributed by atoms with van der Waals surface area (Å²) in [6.07, 6.45) is 1.49. The number of rotatable bonds is 7. The first-order valence-corrected chi connectivity index (χ1v) is 9.48. The summed E-state index contributed by atoms with van der Waals surface area (Å²) >= 11 is 0. The Labute approximate surface area is 168 Å². The van der Waals surface area contributed by atoms with Crippen molar-refractivity contribution >= 4 is 5.91 Å². The molecular formula is C19H23N7O3. The van der Waals surface area contributed by atoms with Crippen molar-refractivity contribution in [2.45, 2.75) is 19.1 Å². The zero-order valence-electron chi connectivity index (χ0n) is 16.2. The summed E-state index contributed by atoms with van der Waals surface area (Å²) in [6, 6.07) is 11.7. The van der Waals surface area contributed by atoms with Crippen LogP contribution in [0.5, 0.6) is 0 Å². The lowest BCUT2D eigenvalue weighted by molar-refractivity contribution is -0.131. The van der Waals surface area contributed by atoms with E-state index in [0.29, 0.717) is 31.3 Å². The zero-order chi connectivity index (χ0) is 20.1. The number of benzene rings is 1. The third-order valence-electron chi connectivity index (χ3n) is 4.93. The highest BCUT2D eigenvalue weighted by Crippen LogP contribution is 2.27. The molecule has 0 bridgehead atoms. The molecule has 1 fully saturated rings. The molecule has 3 aromatic rings. The van der Waals surface area contributed by atoms with Crippen LogP contribution < -0.4 is 0 Å². The molecule has 1 aliphatic rings.